The molecule has 2 amide bonds. The maximum absolute atomic E-state index is 13.2. The van der Waals surface area contributed by atoms with Gasteiger partial charge in [-0.15, -0.1) is 10.2 Å². The van der Waals surface area contributed by atoms with Crippen LogP contribution in [0, 0.1) is 5.82 Å². The summed E-state index contributed by atoms with van der Waals surface area (Å²) < 4.78 is 14.9. The number of aryl methyl sites for hydroxylation is 1. The number of hydrogen-bond donors (Lipinski definition) is 2. The van der Waals surface area contributed by atoms with Crippen LogP contribution in [0.15, 0.2) is 30.6 Å². The van der Waals surface area contributed by atoms with Gasteiger partial charge in [0.1, 0.15) is 12.1 Å². The first-order valence-electron chi connectivity index (χ1n) is 6.63. The Morgan fingerprint density at radius 1 is 1.29 bits per heavy atom. The van der Waals surface area contributed by atoms with Gasteiger partial charge in [-0.05, 0) is 31.5 Å². The van der Waals surface area contributed by atoms with Gasteiger partial charge < -0.3 is 15.2 Å². The molecule has 21 heavy (non-hydrogen) atoms. The molecule has 2 rings (SSSR count). The summed E-state index contributed by atoms with van der Waals surface area (Å²) in [6.45, 7) is 3.61. The minimum atomic E-state index is -0.345. The van der Waals surface area contributed by atoms with E-state index in [-0.39, 0.29) is 23.9 Å². The van der Waals surface area contributed by atoms with Crippen molar-refractivity contribution in [3.63, 3.8) is 0 Å². The van der Waals surface area contributed by atoms with Crippen molar-refractivity contribution in [1.82, 2.24) is 25.4 Å². The van der Waals surface area contributed by atoms with Gasteiger partial charge in [-0.3, -0.25) is 0 Å². The van der Waals surface area contributed by atoms with E-state index in [2.05, 4.69) is 20.8 Å². The summed E-state index contributed by atoms with van der Waals surface area (Å²) in [4.78, 5) is 12.0. The molecule has 1 heterocycles. The van der Waals surface area contributed by atoms with Crippen molar-refractivity contribution in [2.75, 3.05) is 0 Å². The van der Waals surface area contributed by atoms with Crippen molar-refractivity contribution in [1.29, 1.82) is 0 Å². The molecule has 0 radical (unpaired) electrons. The standard InChI is InChI=1S/C14H18FN5O/c1-9(11-5-4-6-12(15)7-11)17-14(21)18-10(2)13-19-16-8-20(13)3/h4-10H,1-3H3,(H2,17,18,21)/t9-,10+/m1/s1. The summed E-state index contributed by atoms with van der Waals surface area (Å²) in [5.41, 5.74) is 0.705. The SMILES string of the molecule is C[C@H](NC(=O)N[C@H](C)c1cccc(F)c1)c1nncn1C. The number of urea groups is 1. The molecular formula is C14H18FN5O. The average molecular weight is 291 g/mol. The molecule has 6 nitrogen and oxygen atoms in total. The fourth-order valence-electron chi connectivity index (χ4n) is 2.04. The first-order chi connectivity index (χ1) is 9.97. The second-order valence-electron chi connectivity index (χ2n) is 4.92. The number of aromatic nitrogens is 3. The summed E-state index contributed by atoms with van der Waals surface area (Å²) in [7, 11) is 1.81. The minimum absolute atomic E-state index is 0.280. The molecule has 0 fully saturated rings. The summed E-state index contributed by atoms with van der Waals surface area (Å²) in [6.07, 6.45) is 1.57. The Morgan fingerprint density at radius 3 is 2.62 bits per heavy atom. The van der Waals surface area contributed by atoms with E-state index < -0.39 is 0 Å². The Balaban J connectivity index is 1.94. The summed E-state index contributed by atoms with van der Waals surface area (Å²) >= 11 is 0. The van der Waals surface area contributed by atoms with Crippen molar-refractivity contribution in [2.45, 2.75) is 25.9 Å². The maximum atomic E-state index is 13.2. The van der Waals surface area contributed by atoms with Gasteiger partial charge in [-0.25, -0.2) is 9.18 Å². The molecule has 2 N–H and O–H groups in total. The predicted molar refractivity (Wildman–Crippen MR) is 75.9 cm³/mol. The second kappa shape index (κ2) is 6.34. The minimum Gasteiger partial charge on any atom is -0.332 e. The first kappa shape index (κ1) is 15.0. The fraction of sp³-hybridized carbons (Fsp3) is 0.357. The van der Waals surface area contributed by atoms with E-state index in [9.17, 15) is 9.18 Å². The lowest BCUT2D eigenvalue weighted by Crippen LogP contribution is -2.39. The molecule has 0 aliphatic rings. The third-order valence-electron chi connectivity index (χ3n) is 3.18. The lowest BCUT2D eigenvalue weighted by molar-refractivity contribution is 0.234. The lowest BCUT2D eigenvalue weighted by Gasteiger charge is -2.18. The molecule has 1 aromatic heterocycles. The van der Waals surface area contributed by atoms with E-state index in [0.29, 0.717) is 11.4 Å². The summed E-state index contributed by atoms with van der Waals surface area (Å²) in [5.74, 6) is 0.331. The molecule has 7 heteroatoms. The van der Waals surface area contributed by atoms with Crippen LogP contribution in [0.1, 0.15) is 37.3 Å². The smallest absolute Gasteiger partial charge is 0.315 e. The summed E-state index contributed by atoms with van der Waals surface area (Å²) in [5, 5.41) is 13.2. The second-order valence-corrected chi connectivity index (χ2v) is 4.92. The number of carbonyl (C=O) groups is 1. The third kappa shape index (κ3) is 3.77. The molecule has 112 valence electrons. The van der Waals surface area contributed by atoms with Crippen molar-refractivity contribution in [3.8, 4) is 0 Å². The normalized spacial score (nSPS) is 13.5. The third-order valence-corrected chi connectivity index (χ3v) is 3.18. The van der Waals surface area contributed by atoms with Crippen LogP contribution in [0.2, 0.25) is 0 Å². The monoisotopic (exact) mass is 291 g/mol. The number of nitrogens with one attached hydrogen (secondary N) is 2. The predicted octanol–water partition coefficient (Wildman–Crippen LogP) is 2.08. The van der Waals surface area contributed by atoms with Crippen LogP contribution in [0.5, 0.6) is 0 Å². The zero-order chi connectivity index (χ0) is 15.4. The van der Waals surface area contributed by atoms with Crippen LogP contribution >= 0.6 is 0 Å². The number of rotatable bonds is 4. The van der Waals surface area contributed by atoms with E-state index in [1.54, 1.807) is 37.0 Å². The Bertz CT molecular complexity index is 627. The number of amides is 2. The Kier molecular flexibility index (Phi) is 4.52. The van der Waals surface area contributed by atoms with Gasteiger partial charge in [0, 0.05) is 7.05 Å². The highest BCUT2D eigenvalue weighted by atomic mass is 19.1. The summed E-state index contributed by atoms with van der Waals surface area (Å²) in [6, 6.07) is 5.22. The highest BCUT2D eigenvalue weighted by Gasteiger charge is 2.16. The topological polar surface area (TPSA) is 71.8 Å². The van der Waals surface area contributed by atoms with Crippen LogP contribution in [-0.4, -0.2) is 20.8 Å². The van der Waals surface area contributed by atoms with Crippen LogP contribution < -0.4 is 10.6 Å². The average Bonchev–Trinajstić information content (AvgIpc) is 2.84. The number of halogens is 1. The zero-order valence-electron chi connectivity index (χ0n) is 12.2. The molecule has 0 spiro atoms. The largest absolute Gasteiger partial charge is 0.332 e. The maximum Gasteiger partial charge on any atom is 0.315 e. The van der Waals surface area contributed by atoms with E-state index in [4.69, 9.17) is 0 Å². The highest BCUT2D eigenvalue weighted by Crippen LogP contribution is 2.13. The van der Waals surface area contributed by atoms with Crippen molar-refractivity contribution < 1.29 is 9.18 Å². The van der Waals surface area contributed by atoms with Crippen LogP contribution in [0.4, 0.5) is 9.18 Å². The molecule has 2 aromatic rings. The molecule has 0 unspecified atom stereocenters. The quantitative estimate of drug-likeness (QED) is 0.906. The van der Waals surface area contributed by atoms with Gasteiger partial charge in [0.15, 0.2) is 5.82 Å². The Hall–Kier alpha value is -2.44. The van der Waals surface area contributed by atoms with E-state index in [0.717, 1.165) is 0 Å². The van der Waals surface area contributed by atoms with E-state index >= 15 is 0 Å². The number of benzene rings is 1. The molecule has 0 saturated heterocycles. The fourth-order valence-corrected chi connectivity index (χ4v) is 2.04. The number of carbonyl (C=O) groups excluding carboxylic acids is 1. The molecule has 1 aromatic carbocycles. The molecule has 0 aliphatic heterocycles. The van der Waals surface area contributed by atoms with Gasteiger partial charge in [-0.2, -0.15) is 0 Å². The Morgan fingerprint density at radius 2 is 2.00 bits per heavy atom. The number of nitrogens with zero attached hydrogens (tertiary/aromatic N) is 3. The van der Waals surface area contributed by atoms with E-state index in [1.807, 2.05) is 6.92 Å². The van der Waals surface area contributed by atoms with Gasteiger partial charge in [-0.1, -0.05) is 12.1 Å². The highest BCUT2D eigenvalue weighted by molar-refractivity contribution is 5.74. The molecule has 0 aliphatic carbocycles. The Labute approximate surface area is 122 Å². The molecule has 2 atom stereocenters. The lowest BCUT2D eigenvalue weighted by atomic mass is 10.1. The number of hydrogen-bond acceptors (Lipinski definition) is 3. The molecular weight excluding hydrogens is 273 g/mol. The van der Waals surface area contributed by atoms with Crippen molar-refractivity contribution in [3.05, 3.63) is 47.8 Å². The van der Waals surface area contributed by atoms with Gasteiger partial charge in [0.25, 0.3) is 0 Å². The van der Waals surface area contributed by atoms with Gasteiger partial charge in [0.2, 0.25) is 0 Å². The van der Waals surface area contributed by atoms with Crippen LogP contribution in [0.3, 0.4) is 0 Å². The molecule has 0 saturated carbocycles. The van der Waals surface area contributed by atoms with Crippen molar-refractivity contribution in [2.24, 2.45) is 7.05 Å². The molecule has 0 bridgehead atoms. The zero-order valence-corrected chi connectivity index (χ0v) is 12.2. The van der Waals surface area contributed by atoms with Crippen LogP contribution in [0.25, 0.3) is 0 Å². The van der Waals surface area contributed by atoms with Crippen LogP contribution in [-0.2, 0) is 7.05 Å². The first-order valence-corrected chi connectivity index (χ1v) is 6.63. The van der Waals surface area contributed by atoms with Gasteiger partial charge in [0.05, 0.1) is 12.1 Å². The van der Waals surface area contributed by atoms with Crippen molar-refractivity contribution >= 4 is 6.03 Å². The van der Waals surface area contributed by atoms with Gasteiger partial charge >= 0.3 is 6.03 Å². The van der Waals surface area contributed by atoms with E-state index in [1.165, 1.54) is 12.1 Å².